The third-order valence-corrected chi connectivity index (χ3v) is 2.70. The molecule has 0 aliphatic carbocycles. The molecule has 4 nitrogen and oxygen atoms in total. The van der Waals surface area contributed by atoms with Crippen molar-refractivity contribution in [2.24, 2.45) is 11.3 Å². The SMILES string of the molecule is CCOC(=O)C(CCCCOC(=O)C(C)(C)C)C(F)(F)F. The number of rotatable bonds is 7. The Kier molecular flexibility index (Phi) is 7.74. The number of ether oxygens (including phenoxy) is 2. The van der Waals surface area contributed by atoms with Crippen molar-refractivity contribution in [1.82, 2.24) is 0 Å². The van der Waals surface area contributed by atoms with E-state index in [1.165, 1.54) is 6.92 Å². The maximum atomic E-state index is 12.7. The van der Waals surface area contributed by atoms with E-state index in [1.807, 2.05) is 0 Å². The van der Waals surface area contributed by atoms with E-state index in [0.29, 0.717) is 0 Å². The zero-order valence-corrected chi connectivity index (χ0v) is 12.9. The lowest BCUT2D eigenvalue weighted by atomic mass is 9.97. The molecule has 0 amide bonds. The minimum atomic E-state index is -4.62. The second-order valence-corrected chi connectivity index (χ2v) is 5.73. The number of alkyl halides is 3. The summed E-state index contributed by atoms with van der Waals surface area (Å²) in [5, 5.41) is 0. The van der Waals surface area contributed by atoms with E-state index in [4.69, 9.17) is 4.74 Å². The third-order valence-electron chi connectivity index (χ3n) is 2.70. The Hall–Kier alpha value is -1.27. The molecule has 0 rings (SSSR count). The number of carbonyl (C=O) groups excluding carboxylic acids is 2. The molecule has 124 valence electrons. The van der Waals surface area contributed by atoms with Gasteiger partial charge in [-0.2, -0.15) is 13.2 Å². The van der Waals surface area contributed by atoms with Gasteiger partial charge >= 0.3 is 18.1 Å². The Morgan fingerprint density at radius 1 is 1.05 bits per heavy atom. The van der Waals surface area contributed by atoms with Gasteiger partial charge in [0.05, 0.1) is 18.6 Å². The van der Waals surface area contributed by atoms with Crippen LogP contribution in [0.3, 0.4) is 0 Å². The number of unbranched alkanes of at least 4 members (excludes halogenated alkanes) is 1. The van der Waals surface area contributed by atoms with Gasteiger partial charge in [0.1, 0.15) is 0 Å². The monoisotopic (exact) mass is 312 g/mol. The van der Waals surface area contributed by atoms with Crippen molar-refractivity contribution in [2.45, 2.75) is 53.1 Å². The highest BCUT2D eigenvalue weighted by Crippen LogP contribution is 2.31. The fourth-order valence-electron chi connectivity index (χ4n) is 1.49. The van der Waals surface area contributed by atoms with Gasteiger partial charge in [-0.25, -0.2) is 0 Å². The number of hydrogen-bond donors (Lipinski definition) is 0. The molecule has 0 aromatic rings. The Bertz CT molecular complexity index is 345. The molecule has 1 atom stereocenters. The van der Waals surface area contributed by atoms with Crippen molar-refractivity contribution >= 4 is 11.9 Å². The summed E-state index contributed by atoms with van der Waals surface area (Å²) in [6.07, 6.45) is -4.59. The van der Waals surface area contributed by atoms with Gasteiger partial charge in [0.2, 0.25) is 0 Å². The topological polar surface area (TPSA) is 52.6 Å². The summed E-state index contributed by atoms with van der Waals surface area (Å²) in [4.78, 5) is 22.7. The van der Waals surface area contributed by atoms with Gasteiger partial charge in [0.15, 0.2) is 5.92 Å². The van der Waals surface area contributed by atoms with Crippen LogP contribution in [0.4, 0.5) is 13.2 Å². The van der Waals surface area contributed by atoms with E-state index in [-0.39, 0.29) is 32.5 Å². The average molecular weight is 312 g/mol. The van der Waals surface area contributed by atoms with Gasteiger partial charge in [-0.1, -0.05) is 0 Å². The standard InChI is InChI=1S/C14H23F3O4/c1-5-20-11(18)10(14(15,16)17)8-6-7-9-21-12(19)13(2,3)4/h10H,5-9H2,1-4H3. The summed E-state index contributed by atoms with van der Waals surface area (Å²) in [5.74, 6) is -3.77. The zero-order chi connectivity index (χ0) is 16.7. The molecular formula is C14H23F3O4. The Labute approximate surface area is 123 Å². The largest absolute Gasteiger partial charge is 0.466 e. The molecule has 21 heavy (non-hydrogen) atoms. The molecule has 0 aromatic heterocycles. The van der Waals surface area contributed by atoms with Crippen molar-refractivity contribution in [3.8, 4) is 0 Å². The van der Waals surface area contributed by atoms with Crippen LogP contribution in [0, 0.1) is 11.3 Å². The first kappa shape index (κ1) is 19.7. The van der Waals surface area contributed by atoms with Crippen LogP contribution in [0.5, 0.6) is 0 Å². The van der Waals surface area contributed by atoms with Crippen LogP contribution in [-0.2, 0) is 19.1 Å². The molecule has 0 saturated heterocycles. The predicted molar refractivity (Wildman–Crippen MR) is 70.4 cm³/mol. The van der Waals surface area contributed by atoms with Crippen LogP contribution < -0.4 is 0 Å². The molecule has 0 fully saturated rings. The summed E-state index contributed by atoms with van der Waals surface area (Å²) in [6.45, 7) is 6.48. The molecule has 0 N–H and O–H groups in total. The van der Waals surface area contributed by atoms with Crippen LogP contribution >= 0.6 is 0 Å². The lowest BCUT2D eigenvalue weighted by molar-refractivity contribution is -0.198. The Morgan fingerprint density at radius 2 is 1.62 bits per heavy atom. The van der Waals surface area contributed by atoms with Crippen LogP contribution in [-0.4, -0.2) is 31.3 Å². The highest BCUT2D eigenvalue weighted by Gasteiger charge is 2.45. The van der Waals surface area contributed by atoms with Gasteiger partial charge in [0.25, 0.3) is 0 Å². The van der Waals surface area contributed by atoms with E-state index >= 15 is 0 Å². The molecule has 7 heteroatoms. The fourth-order valence-corrected chi connectivity index (χ4v) is 1.49. The quantitative estimate of drug-likeness (QED) is 0.533. The number of halogens is 3. The second kappa shape index (κ2) is 8.24. The smallest absolute Gasteiger partial charge is 0.402 e. The van der Waals surface area contributed by atoms with Gasteiger partial charge in [0, 0.05) is 0 Å². The Balaban J connectivity index is 4.17. The second-order valence-electron chi connectivity index (χ2n) is 5.73. The highest BCUT2D eigenvalue weighted by atomic mass is 19.4. The molecule has 0 aliphatic heterocycles. The first-order valence-corrected chi connectivity index (χ1v) is 6.90. The van der Waals surface area contributed by atoms with Gasteiger partial charge < -0.3 is 9.47 Å². The van der Waals surface area contributed by atoms with E-state index < -0.39 is 29.4 Å². The lowest BCUT2D eigenvalue weighted by Gasteiger charge is -2.19. The van der Waals surface area contributed by atoms with Crippen molar-refractivity contribution < 1.29 is 32.2 Å². The van der Waals surface area contributed by atoms with Crippen LogP contribution in [0.15, 0.2) is 0 Å². The average Bonchev–Trinajstić information content (AvgIpc) is 2.30. The van der Waals surface area contributed by atoms with Gasteiger partial charge in [-0.3, -0.25) is 9.59 Å². The normalized spacial score (nSPS) is 13.7. The van der Waals surface area contributed by atoms with Crippen molar-refractivity contribution in [3.63, 3.8) is 0 Å². The summed E-state index contributed by atoms with van der Waals surface area (Å²) in [7, 11) is 0. The maximum absolute atomic E-state index is 12.7. The lowest BCUT2D eigenvalue weighted by Crippen LogP contribution is -2.32. The summed E-state index contributed by atoms with van der Waals surface area (Å²) < 4.78 is 47.5. The highest BCUT2D eigenvalue weighted by molar-refractivity contribution is 5.75. The third kappa shape index (κ3) is 7.92. The first-order chi connectivity index (χ1) is 9.50. The maximum Gasteiger partial charge on any atom is 0.402 e. The number of carbonyl (C=O) groups is 2. The molecule has 0 radical (unpaired) electrons. The predicted octanol–water partition coefficient (Wildman–Crippen LogP) is 3.49. The molecule has 0 heterocycles. The van der Waals surface area contributed by atoms with E-state index in [0.717, 1.165) is 0 Å². The fraction of sp³-hybridized carbons (Fsp3) is 0.857. The molecule has 1 unspecified atom stereocenters. The summed E-state index contributed by atoms with van der Waals surface area (Å²) >= 11 is 0. The first-order valence-electron chi connectivity index (χ1n) is 6.90. The zero-order valence-electron chi connectivity index (χ0n) is 12.9. The minimum Gasteiger partial charge on any atom is -0.466 e. The van der Waals surface area contributed by atoms with Crippen LogP contribution in [0.25, 0.3) is 0 Å². The van der Waals surface area contributed by atoms with E-state index in [9.17, 15) is 22.8 Å². The minimum absolute atomic E-state index is 0.0451. The molecular weight excluding hydrogens is 289 g/mol. The molecule has 0 saturated carbocycles. The van der Waals surface area contributed by atoms with Crippen molar-refractivity contribution in [1.29, 1.82) is 0 Å². The number of esters is 2. The van der Waals surface area contributed by atoms with Crippen LogP contribution in [0.1, 0.15) is 47.0 Å². The summed E-state index contributed by atoms with van der Waals surface area (Å²) in [6, 6.07) is 0. The summed E-state index contributed by atoms with van der Waals surface area (Å²) in [5.41, 5.74) is -0.639. The van der Waals surface area contributed by atoms with Gasteiger partial charge in [-0.15, -0.1) is 0 Å². The van der Waals surface area contributed by atoms with Crippen molar-refractivity contribution in [2.75, 3.05) is 13.2 Å². The molecule has 0 spiro atoms. The van der Waals surface area contributed by atoms with E-state index in [1.54, 1.807) is 20.8 Å². The van der Waals surface area contributed by atoms with E-state index in [2.05, 4.69) is 4.74 Å². The number of hydrogen-bond acceptors (Lipinski definition) is 4. The molecule has 0 aromatic carbocycles. The van der Waals surface area contributed by atoms with Crippen LogP contribution in [0.2, 0.25) is 0 Å². The van der Waals surface area contributed by atoms with Gasteiger partial charge in [-0.05, 0) is 47.0 Å². The van der Waals surface area contributed by atoms with Crippen molar-refractivity contribution in [3.05, 3.63) is 0 Å². The molecule has 0 bridgehead atoms. The Morgan fingerprint density at radius 3 is 2.05 bits per heavy atom. The molecule has 0 aliphatic rings.